The highest BCUT2D eigenvalue weighted by atomic mass is 16.6. The topological polar surface area (TPSA) is 82.4 Å². The lowest BCUT2D eigenvalue weighted by molar-refractivity contribution is -0.116. The molecule has 5 rings (SSSR count). The molecule has 3 aliphatic rings. The Balaban J connectivity index is 1.10. The molecule has 1 unspecified atom stereocenters. The number of aliphatic hydroxyl groups excluding tert-OH is 1. The number of ether oxygens (including phenoxy) is 1. The highest BCUT2D eigenvalue weighted by molar-refractivity contribution is 6.14. The predicted octanol–water partition coefficient (Wildman–Crippen LogP) is 3.81. The Labute approximate surface area is 205 Å². The second-order valence-corrected chi connectivity index (χ2v) is 9.56. The van der Waals surface area contributed by atoms with Crippen molar-refractivity contribution < 1.29 is 19.4 Å². The van der Waals surface area contributed by atoms with Crippen LogP contribution in [0.25, 0.3) is 0 Å². The number of nitrogens with zero attached hydrogens (tertiary/aromatic N) is 3. The number of Topliss-reactive ketones (excluding diaryl/α,β-unsaturated/α-hetero) is 1. The second-order valence-electron chi connectivity index (χ2n) is 9.56. The van der Waals surface area contributed by atoms with Gasteiger partial charge in [0.25, 0.3) is 0 Å². The summed E-state index contributed by atoms with van der Waals surface area (Å²) in [6, 6.07) is 15.7. The Morgan fingerprint density at radius 2 is 1.77 bits per heavy atom. The fourth-order valence-corrected chi connectivity index (χ4v) is 5.11. The van der Waals surface area contributed by atoms with Crippen LogP contribution in [0, 0.1) is 6.92 Å². The van der Waals surface area contributed by atoms with Crippen molar-refractivity contribution in [2.45, 2.75) is 31.9 Å². The molecule has 182 valence electrons. The molecule has 1 aliphatic carbocycles. The Morgan fingerprint density at radius 1 is 1.03 bits per heavy atom. The highest BCUT2D eigenvalue weighted by Gasteiger charge is 2.36. The molecule has 1 fully saturated rings. The Morgan fingerprint density at radius 3 is 2.51 bits per heavy atom. The standard InChI is InChI=1S/C28H31N3O4/c1-19-6-8-20(9-7-19)21-16-25(32)24(26(33)17-21)18-29-10-11-30-12-14-31(15-13-30)27-22-4-2-3-5-23(22)28(34)35-27/h2-9,18,21,27,32H,10-17H2,1H3/t21?,27-/m0/s1. The van der Waals surface area contributed by atoms with E-state index in [0.29, 0.717) is 30.5 Å². The predicted molar refractivity (Wildman–Crippen MR) is 134 cm³/mol. The van der Waals surface area contributed by atoms with E-state index in [1.807, 2.05) is 55.5 Å². The molecular formula is C28H31N3O4. The summed E-state index contributed by atoms with van der Waals surface area (Å²) in [6.07, 6.45) is 2.11. The van der Waals surface area contributed by atoms with Crippen LogP contribution in [0.15, 0.2) is 64.9 Å². The summed E-state index contributed by atoms with van der Waals surface area (Å²) >= 11 is 0. The third-order valence-electron chi connectivity index (χ3n) is 7.20. The van der Waals surface area contributed by atoms with E-state index in [0.717, 1.165) is 43.9 Å². The number of rotatable bonds is 6. The Hall–Kier alpha value is -3.29. The molecule has 7 heteroatoms. The molecular weight excluding hydrogens is 442 g/mol. The molecule has 2 heterocycles. The van der Waals surface area contributed by atoms with Gasteiger partial charge in [-0.2, -0.15) is 0 Å². The molecule has 0 bridgehead atoms. The molecule has 2 aromatic rings. The summed E-state index contributed by atoms with van der Waals surface area (Å²) in [5.41, 5.74) is 4.22. The van der Waals surface area contributed by atoms with E-state index < -0.39 is 0 Å². The van der Waals surface area contributed by atoms with Crippen molar-refractivity contribution in [3.63, 3.8) is 0 Å². The molecule has 0 aromatic heterocycles. The van der Waals surface area contributed by atoms with Crippen molar-refractivity contribution in [3.8, 4) is 0 Å². The average molecular weight is 474 g/mol. The molecule has 7 nitrogen and oxygen atoms in total. The number of piperazine rings is 1. The molecule has 0 saturated carbocycles. The van der Waals surface area contributed by atoms with Gasteiger partial charge < -0.3 is 9.84 Å². The number of ketones is 1. The first kappa shape index (κ1) is 23.5. The minimum Gasteiger partial charge on any atom is -0.511 e. The van der Waals surface area contributed by atoms with Crippen LogP contribution in [-0.2, 0) is 9.53 Å². The van der Waals surface area contributed by atoms with Crippen molar-refractivity contribution in [1.29, 1.82) is 0 Å². The van der Waals surface area contributed by atoms with Gasteiger partial charge in [0.2, 0.25) is 0 Å². The lowest BCUT2D eigenvalue weighted by atomic mass is 9.83. The van der Waals surface area contributed by atoms with Gasteiger partial charge in [-0.15, -0.1) is 0 Å². The van der Waals surface area contributed by atoms with Gasteiger partial charge in [-0.3, -0.25) is 19.6 Å². The number of esters is 1. The quantitative estimate of drug-likeness (QED) is 0.508. The number of aryl methyl sites for hydroxylation is 1. The number of cyclic esters (lactones) is 1. The average Bonchev–Trinajstić information content (AvgIpc) is 3.20. The fraction of sp³-hybridized carbons (Fsp3) is 0.393. The van der Waals surface area contributed by atoms with E-state index in [2.05, 4.69) is 14.8 Å². The van der Waals surface area contributed by atoms with Crippen LogP contribution < -0.4 is 0 Å². The summed E-state index contributed by atoms with van der Waals surface area (Å²) < 4.78 is 5.62. The van der Waals surface area contributed by atoms with Crippen LogP contribution in [0.1, 0.15) is 52.0 Å². The molecule has 35 heavy (non-hydrogen) atoms. The summed E-state index contributed by atoms with van der Waals surface area (Å²) in [5, 5.41) is 10.5. The summed E-state index contributed by atoms with van der Waals surface area (Å²) in [6.45, 7) is 6.70. The SMILES string of the molecule is Cc1ccc(C2CC(=O)C(C=NCCN3CCN([C@H]4OC(=O)c5ccccc54)CC3)=C(O)C2)cc1. The Bertz CT molecular complexity index is 1160. The fourth-order valence-electron chi connectivity index (χ4n) is 5.11. The zero-order valence-electron chi connectivity index (χ0n) is 20.0. The third kappa shape index (κ3) is 5.06. The second kappa shape index (κ2) is 10.1. The maximum Gasteiger partial charge on any atom is 0.340 e. The normalized spacial score (nSPS) is 23.7. The first-order chi connectivity index (χ1) is 17.0. The van der Waals surface area contributed by atoms with Crippen molar-refractivity contribution in [1.82, 2.24) is 9.80 Å². The summed E-state index contributed by atoms with van der Waals surface area (Å²) in [5.74, 6) is -0.149. The molecule has 2 aromatic carbocycles. The molecule has 0 radical (unpaired) electrons. The summed E-state index contributed by atoms with van der Waals surface area (Å²) in [7, 11) is 0. The summed E-state index contributed by atoms with van der Waals surface area (Å²) in [4.78, 5) is 33.8. The zero-order chi connectivity index (χ0) is 24.4. The number of hydrogen-bond donors (Lipinski definition) is 1. The van der Waals surface area contributed by atoms with E-state index in [9.17, 15) is 14.7 Å². The van der Waals surface area contributed by atoms with Crippen LogP contribution in [-0.4, -0.2) is 72.1 Å². The lowest BCUT2D eigenvalue weighted by Crippen LogP contribution is -2.48. The maximum absolute atomic E-state index is 12.7. The van der Waals surface area contributed by atoms with Crippen molar-refractivity contribution in [2.24, 2.45) is 4.99 Å². The van der Waals surface area contributed by atoms with E-state index >= 15 is 0 Å². The van der Waals surface area contributed by atoms with Crippen LogP contribution in [0.5, 0.6) is 0 Å². The number of benzene rings is 2. The van der Waals surface area contributed by atoms with Gasteiger partial charge in [0.05, 0.1) is 17.7 Å². The first-order valence-electron chi connectivity index (χ1n) is 12.3. The molecule has 0 spiro atoms. The lowest BCUT2D eigenvalue weighted by Gasteiger charge is -2.37. The van der Waals surface area contributed by atoms with Crippen LogP contribution in [0.3, 0.4) is 0 Å². The van der Waals surface area contributed by atoms with E-state index in [1.165, 1.54) is 5.56 Å². The van der Waals surface area contributed by atoms with Gasteiger partial charge in [0, 0.05) is 57.3 Å². The third-order valence-corrected chi connectivity index (χ3v) is 7.20. The minimum absolute atomic E-state index is 0.0163. The van der Waals surface area contributed by atoms with Gasteiger partial charge in [-0.1, -0.05) is 48.0 Å². The number of fused-ring (bicyclic) bond motifs is 1. The van der Waals surface area contributed by atoms with Gasteiger partial charge in [-0.05, 0) is 24.5 Å². The van der Waals surface area contributed by atoms with E-state index in [4.69, 9.17) is 4.74 Å². The van der Waals surface area contributed by atoms with Crippen LogP contribution in [0.4, 0.5) is 0 Å². The number of hydrogen-bond acceptors (Lipinski definition) is 7. The molecule has 0 amide bonds. The molecule has 1 N–H and O–H groups in total. The minimum atomic E-state index is -0.296. The first-order valence-corrected chi connectivity index (χ1v) is 12.3. The molecule has 2 aliphatic heterocycles. The molecule has 2 atom stereocenters. The number of aliphatic imine (C=N–C) groups is 1. The molecule has 1 saturated heterocycles. The number of carbonyl (C=O) groups is 2. The van der Waals surface area contributed by atoms with Crippen molar-refractivity contribution in [2.75, 3.05) is 39.3 Å². The smallest absolute Gasteiger partial charge is 0.340 e. The van der Waals surface area contributed by atoms with E-state index in [1.54, 1.807) is 6.21 Å². The van der Waals surface area contributed by atoms with Crippen LogP contribution >= 0.6 is 0 Å². The number of aliphatic hydroxyl groups is 1. The van der Waals surface area contributed by atoms with Crippen LogP contribution in [0.2, 0.25) is 0 Å². The number of carbonyl (C=O) groups excluding carboxylic acids is 2. The monoisotopic (exact) mass is 473 g/mol. The van der Waals surface area contributed by atoms with Gasteiger partial charge in [0.15, 0.2) is 12.0 Å². The van der Waals surface area contributed by atoms with Crippen molar-refractivity contribution in [3.05, 3.63) is 82.1 Å². The largest absolute Gasteiger partial charge is 0.511 e. The van der Waals surface area contributed by atoms with Gasteiger partial charge in [-0.25, -0.2) is 4.79 Å². The Kier molecular flexibility index (Phi) is 6.79. The highest BCUT2D eigenvalue weighted by Crippen LogP contribution is 2.34. The van der Waals surface area contributed by atoms with Gasteiger partial charge in [0.1, 0.15) is 5.76 Å². The maximum atomic E-state index is 12.7. The van der Waals surface area contributed by atoms with Gasteiger partial charge >= 0.3 is 5.97 Å². The van der Waals surface area contributed by atoms with Crippen molar-refractivity contribution >= 4 is 18.0 Å². The zero-order valence-corrected chi connectivity index (χ0v) is 20.0. The number of allylic oxidation sites excluding steroid dienone is 2. The van der Waals surface area contributed by atoms with E-state index in [-0.39, 0.29) is 29.7 Å².